The van der Waals surface area contributed by atoms with E-state index in [0.717, 1.165) is 28.1 Å². The van der Waals surface area contributed by atoms with Crippen molar-refractivity contribution >= 4 is 17.7 Å². The quantitative estimate of drug-likeness (QED) is 0.165. The number of aromatic nitrogens is 1. The van der Waals surface area contributed by atoms with Gasteiger partial charge in [0.1, 0.15) is 5.75 Å². The molecule has 1 amide bonds. The number of carbonyl (C=O) groups is 1. The molecular formula is C29H27N3O4. The van der Waals surface area contributed by atoms with Crippen LogP contribution in [0.4, 0.5) is 5.69 Å². The molecule has 7 nitrogen and oxygen atoms in total. The molecule has 0 aliphatic carbocycles. The van der Waals surface area contributed by atoms with Gasteiger partial charge in [-0.05, 0) is 59.2 Å². The Hall–Kier alpha value is -4.65. The Morgan fingerprint density at radius 1 is 0.944 bits per heavy atom. The molecule has 0 saturated carbocycles. The summed E-state index contributed by atoms with van der Waals surface area (Å²) in [6.07, 6.45) is 5.20. The van der Waals surface area contributed by atoms with Gasteiger partial charge in [-0.1, -0.05) is 42.5 Å². The lowest BCUT2D eigenvalue weighted by Gasteiger charge is -2.23. The normalized spacial score (nSPS) is 10.9. The van der Waals surface area contributed by atoms with Gasteiger partial charge in [-0.2, -0.15) is 0 Å². The number of non-ortho nitro benzene ring substituents is 1. The number of nitro benzene ring substituents is 1. The van der Waals surface area contributed by atoms with Crippen LogP contribution in [0.3, 0.4) is 0 Å². The predicted octanol–water partition coefficient (Wildman–Crippen LogP) is 5.70. The van der Waals surface area contributed by atoms with Crippen molar-refractivity contribution in [1.82, 2.24) is 9.47 Å². The van der Waals surface area contributed by atoms with Crippen LogP contribution in [-0.2, 0) is 24.4 Å². The van der Waals surface area contributed by atoms with E-state index in [0.29, 0.717) is 19.6 Å². The number of methoxy groups -OCH3 is 1. The minimum absolute atomic E-state index is 0.0148. The molecule has 36 heavy (non-hydrogen) atoms. The van der Waals surface area contributed by atoms with Crippen molar-refractivity contribution in [3.05, 3.63) is 136 Å². The van der Waals surface area contributed by atoms with Crippen LogP contribution in [0.15, 0.2) is 103 Å². The molecule has 0 bridgehead atoms. The Kier molecular flexibility index (Phi) is 7.93. The molecule has 0 atom stereocenters. The standard InChI is InChI=1S/C29H27N3O4/c1-36-28-11-5-9-25(19-28)21-30-18-6-10-27(30)22-31(20-24-7-3-2-4-8-24)29(33)17-14-23-12-15-26(16-13-23)32(34)35/h2-19H,20-22H2,1H3. The molecule has 0 spiro atoms. The number of benzene rings is 3. The Morgan fingerprint density at radius 2 is 1.69 bits per heavy atom. The molecule has 1 aromatic heterocycles. The van der Waals surface area contributed by atoms with Gasteiger partial charge in [0.2, 0.25) is 5.91 Å². The molecule has 3 aromatic carbocycles. The summed E-state index contributed by atoms with van der Waals surface area (Å²) in [4.78, 5) is 25.5. The highest BCUT2D eigenvalue weighted by molar-refractivity contribution is 5.91. The van der Waals surface area contributed by atoms with Gasteiger partial charge in [0, 0.05) is 43.2 Å². The number of hydrogen-bond donors (Lipinski definition) is 0. The highest BCUT2D eigenvalue weighted by Crippen LogP contribution is 2.18. The van der Waals surface area contributed by atoms with Gasteiger partial charge >= 0.3 is 0 Å². The van der Waals surface area contributed by atoms with Crippen molar-refractivity contribution in [3.63, 3.8) is 0 Å². The van der Waals surface area contributed by atoms with Gasteiger partial charge in [0.05, 0.1) is 18.6 Å². The maximum Gasteiger partial charge on any atom is 0.269 e. The maximum absolute atomic E-state index is 13.3. The third-order valence-electron chi connectivity index (χ3n) is 5.81. The SMILES string of the molecule is COc1cccc(Cn2cccc2CN(Cc2ccccc2)C(=O)C=Cc2ccc([N+](=O)[O-])cc2)c1. The lowest BCUT2D eigenvalue weighted by Crippen LogP contribution is -2.29. The molecule has 0 aliphatic heterocycles. The number of nitro groups is 1. The number of ether oxygens (including phenoxy) is 1. The summed E-state index contributed by atoms with van der Waals surface area (Å²) in [7, 11) is 1.65. The number of hydrogen-bond acceptors (Lipinski definition) is 4. The van der Waals surface area contributed by atoms with Crippen LogP contribution in [0.2, 0.25) is 0 Å². The summed E-state index contributed by atoms with van der Waals surface area (Å²) in [5.74, 6) is 0.657. The molecule has 4 aromatic rings. The van der Waals surface area contributed by atoms with Crippen LogP contribution < -0.4 is 4.74 Å². The van der Waals surface area contributed by atoms with E-state index >= 15 is 0 Å². The van der Waals surface area contributed by atoms with Crippen LogP contribution >= 0.6 is 0 Å². The first-order valence-corrected chi connectivity index (χ1v) is 11.5. The van der Waals surface area contributed by atoms with Crippen molar-refractivity contribution < 1.29 is 14.5 Å². The fourth-order valence-electron chi connectivity index (χ4n) is 3.91. The van der Waals surface area contributed by atoms with Crippen LogP contribution in [0.1, 0.15) is 22.4 Å². The van der Waals surface area contributed by atoms with Gasteiger partial charge in [0.25, 0.3) is 5.69 Å². The van der Waals surface area contributed by atoms with Gasteiger partial charge in [-0.15, -0.1) is 0 Å². The molecule has 7 heteroatoms. The minimum atomic E-state index is -0.444. The monoisotopic (exact) mass is 481 g/mol. The third kappa shape index (κ3) is 6.48. The first-order chi connectivity index (χ1) is 17.5. The Labute approximate surface area is 210 Å². The molecule has 4 rings (SSSR count). The highest BCUT2D eigenvalue weighted by atomic mass is 16.6. The Morgan fingerprint density at radius 3 is 2.42 bits per heavy atom. The number of nitrogens with zero attached hydrogens (tertiary/aromatic N) is 3. The van der Waals surface area contributed by atoms with E-state index in [9.17, 15) is 14.9 Å². The highest BCUT2D eigenvalue weighted by Gasteiger charge is 2.15. The predicted molar refractivity (Wildman–Crippen MR) is 139 cm³/mol. The molecule has 0 radical (unpaired) electrons. The van der Waals surface area contributed by atoms with E-state index in [2.05, 4.69) is 4.57 Å². The van der Waals surface area contributed by atoms with Crippen LogP contribution in [0, 0.1) is 10.1 Å². The molecule has 0 unspecified atom stereocenters. The van der Waals surface area contributed by atoms with E-state index in [1.807, 2.05) is 72.9 Å². The van der Waals surface area contributed by atoms with Crippen molar-refractivity contribution in [2.75, 3.05) is 7.11 Å². The van der Waals surface area contributed by atoms with Crippen molar-refractivity contribution in [1.29, 1.82) is 0 Å². The van der Waals surface area contributed by atoms with Crippen LogP contribution in [0.5, 0.6) is 5.75 Å². The first-order valence-electron chi connectivity index (χ1n) is 11.5. The zero-order valence-corrected chi connectivity index (χ0v) is 20.0. The van der Waals surface area contributed by atoms with Crippen LogP contribution in [-0.4, -0.2) is 27.4 Å². The van der Waals surface area contributed by atoms with E-state index in [1.54, 1.807) is 30.2 Å². The number of carbonyl (C=O) groups excluding carboxylic acids is 1. The van der Waals surface area contributed by atoms with E-state index in [1.165, 1.54) is 18.2 Å². The van der Waals surface area contributed by atoms with Crippen molar-refractivity contribution in [3.8, 4) is 5.75 Å². The largest absolute Gasteiger partial charge is 0.497 e. The summed E-state index contributed by atoms with van der Waals surface area (Å²) in [6, 6.07) is 27.9. The summed E-state index contributed by atoms with van der Waals surface area (Å²) >= 11 is 0. The second kappa shape index (κ2) is 11.7. The molecule has 0 aliphatic rings. The van der Waals surface area contributed by atoms with E-state index in [-0.39, 0.29) is 11.6 Å². The Bertz CT molecular complexity index is 1340. The number of rotatable bonds is 10. The fourth-order valence-corrected chi connectivity index (χ4v) is 3.91. The van der Waals surface area contributed by atoms with Gasteiger partial charge in [0.15, 0.2) is 0 Å². The smallest absolute Gasteiger partial charge is 0.269 e. The van der Waals surface area contributed by atoms with Gasteiger partial charge in [-0.25, -0.2) is 0 Å². The van der Waals surface area contributed by atoms with Gasteiger partial charge in [-0.3, -0.25) is 14.9 Å². The second-order valence-corrected chi connectivity index (χ2v) is 8.34. The van der Waals surface area contributed by atoms with Gasteiger partial charge < -0.3 is 14.2 Å². The van der Waals surface area contributed by atoms with E-state index in [4.69, 9.17) is 4.74 Å². The molecule has 0 N–H and O–H groups in total. The first kappa shape index (κ1) is 24.5. The third-order valence-corrected chi connectivity index (χ3v) is 5.81. The topological polar surface area (TPSA) is 77.6 Å². The number of amides is 1. The zero-order valence-electron chi connectivity index (χ0n) is 20.0. The average molecular weight is 482 g/mol. The van der Waals surface area contributed by atoms with Crippen LogP contribution in [0.25, 0.3) is 6.08 Å². The molecule has 0 saturated heterocycles. The molecule has 1 heterocycles. The summed E-state index contributed by atoms with van der Waals surface area (Å²) in [5, 5.41) is 10.9. The average Bonchev–Trinajstić information content (AvgIpc) is 3.34. The second-order valence-electron chi connectivity index (χ2n) is 8.34. The summed E-state index contributed by atoms with van der Waals surface area (Å²) in [6.45, 7) is 1.54. The zero-order chi connectivity index (χ0) is 25.3. The summed E-state index contributed by atoms with van der Waals surface area (Å²) < 4.78 is 7.47. The molecular weight excluding hydrogens is 454 g/mol. The lowest BCUT2D eigenvalue weighted by molar-refractivity contribution is -0.384. The fraction of sp³-hybridized carbons (Fsp3) is 0.138. The lowest BCUT2D eigenvalue weighted by atomic mass is 10.1. The molecule has 0 fully saturated rings. The Balaban J connectivity index is 1.53. The minimum Gasteiger partial charge on any atom is -0.497 e. The van der Waals surface area contributed by atoms with Crippen molar-refractivity contribution in [2.24, 2.45) is 0 Å². The molecule has 182 valence electrons. The van der Waals surface area contributed by atoms with Crippen molar-refractivity contribution in [2.45, 2.75) is 19.6 Å². The van der Waals surface area contributed by atoms with E-state index < -0.39 is 4.92 Å². The summed E-state index contributed by atoms with van der Waals surface area (Å²) in [5.41, 5.74) is 3.87. The maximum atomic E-state index is 13.3.